The first-order valence-electron chi connectivity index (χ1n) is 3.22. The fraction of sp³-hybridized carbons (Fsp3) is 0.571. The first-order chi connectivity index (χ1) is 4.66. The van der Waals surface area contributed by atoms with Gasteiger partial charge in [0.1, 0.15) is 5.83 Å². The molecule has 0 aliphatic carbocycles. The first kappa shape index (κ1) is 11.9. The molecule has 60 valence electrons. The van der Waals surface area contributed by atoms with E-state index < -0.39 is 11.7 Å². The lowest BCUT2D eigenvalue weighted by atomic mass is 10.5. The van der Waals surface area contributed by atoms with E-state index in [1.165, 1.54) is 14.0 Å². The number of carbonyl (C=O) groups is 1. The highest BCUT2D eigenvalue weighted by atomic mass is 19.1. The minimum Gasteiger partial charge on any atom is -0.356 e. The van der Waals surface area contributed by atoms with Gasteiger partial charge in [-0.25, -0.2) is 4.39 Å². The summed E-state index contributed by atoms with van der Waals surface area (Å²) in [4.78, 5) is 10.2. The highest BCUT2D eigenvalue weighted by Gasteiger charge is 1.89. The topological polar surface area (TPSA) is 29.1 Å². The van der Waals surface area contributed by atoms with Crippen LogP contribution in [0.1, 0.15) is 20.8 Å². The summed E-state index contributed by atoms with van der Waals surface area (Å²) >= 11 is 0. The van der Waals surface area contributed by atoms with Crippen LogP contribution >= 0.6 is 0 Å². The Bertz CT molecular complexity index is 117. The maximum Gasteiger partial charge on any atom is 0.246 e. The highest BCUT2D eigenvalue weighted by Crippen LogP contribution is 1.89. The van der Waals surface area contributed by atoms with Crippen LogP contribution in [0.5, 0.6) is 0 Å². The molecule has 0 aromatic heterocycles. The second-order valence-corrected chi connectivity index (χ2v) is 1.35. The summed E-state index contributed by atoms with van der Waals surface area (Å²) in [7, 11) is 1.45. The lowest BCUT2D eigenvalue weighted by Crippen LogP contribution is -2.14. The van der Waals surface area contributed by atoms with Crippen molar-refractivity contribution in [2.24, 2.45) is 0 Å². The van der Waals surface area contributed by atoms with Crippen molar-refractivity contribution < 1.29 is 9.18 Å². The molecule has 0 atom stereocenters. The van der Waals surface area contributed by atoms with Gasteiger partial charge in [0, 0.05) is 13.1 Å². The number of carbonyl (C=O) groups excluding carboxylic acids is 1. The van der Waals surface area contributed by atoms with Gasteiger partial charge in [-0.3, -0.25) is 4.79 Å². The van der Waals surface area contributed by atoms with Gasteiger partial charge in [-0.05, 0) is 6.92 Å². The molecule has 0 aliphatic heterocycles. The normalized spacial score (nSPS) is 9.50. The minimum absolute atomic E-state index is 0.412. The van der Waals surface area contributed by atoms with Gasteiger partial charge in [-0.15, -0.1) is 0 Å². The highest BCUT2D eigenvalue weighted by molar-refractivity contribution is 5.87. The van der Waals surface area contributed by atoms with Crippen molar-refractivity contribution in [3.8, 4) is 0 Å². The fourth-order valence-corrected chi connectivity index (χ4v) is 0.253. The predicted molar refractivity (Wildman–Crippen MR) is 40.3 cm³/mol. The number of likely N-dealkylation sites (N-methyl/N-ethyl adjacent to an activating group) is 1. The molecule has 2 nitrogen and oxygen atoms in total. The van der Waals surface area contributed by atoms with Gasteiger partial charge < -0.3 is 5.32 Å². The van der Waals surface area contributed by atoms with Crippen LogP contribution in [0.3, 0.4) is 0 Å². The van der Waals surface area contributed by atoms with Crippen LogP contribution < -0.4 is 5.32 Å². The Balaban J connectivity index is 0. The van der Waals surface area contributed by atoms with Crippen LogP contribution in [0.2, 0.25) is 0 Å². The van der Waals surface area contributed by atoms with Gasteiger partial charge in [-0.1, -0.05) is 13.8 Å². The third-order valence-corrected chi connectivity index (χ3v) is 0.576. The molecule has 3 heteroatoms. The standard InChI is InChI=1S/C5H8FNO.C2H6/c1-4(6)3-5(8)7-2;1-2/h3H,1-2H3,(H,7,8);1-2H3/b4-3-;. The summed E-state index contributed by atoms with van der Waals surface area (Å²) in [5, 5.41) is 2.24. The van der Waals surface area contributed by atoms with E-state index in [4.69, 9.17) is 0 Å². The molecular formula is C7H14FNO. The molecular weight excluding hydrogens is 133 g/mol. The van der Waals surface area contributed by atoms with Crippen LogP contribution in [0, 0.1) is 0 Å². The second-order valence-electron chi connectivity index (χ2n) is 1.35. The van der Waals surface area contributed by atoms with Crippen molar-refractivity contribution in [3.05, 3.63) is 11.9 Å². The summed E-state index contributed by atoms with van der Waals surface area (Å²) in [5.41, 5.74) is 0. The number of allylic oxidation sites excluding steroid dienone is 1. The Labute approximate surface area is 61.1 Å². The van der Waals surface area contributed by atoms with E-state index >= 15 is 0 Å². The maximum absolute atomic E-state index is 11.7. The molecule has 0 heterocycles. The van der Waals surface area contributed by atoms with Crippen LogP contribution in [0.4, 0.5) is 4.39 Å². The number of halogens is 1. The van der Waals surface area contributed by atoms with E-state index in [2.05, 4.69) is 5.32 Å². The van der Waals surface area contributed by atoms with Gasteiger partial charge >= 0.3 is 0 Å². The molecule has 0 aromatic carbocycles. The van der Waals surface area contributed by atoms with E-state index in [9.17, 15) is 9.18 Å². The average Bonchev–Trinajstić information content (AvgIpc) is 1.91. The zero-order chi connectivity index (χ0) is 8.57. The number of hydrogen-bond acceptors (Lipinski definition) is 1. The zero-order valence-electron chi connectivity index (χ0n) is 6.86. The molecule has 0 aromatic rings. The predicted octanol–water partition coefficient (Wildman–Crippen LogP) is 1.63. The monoisotopic (exact) mass is 147 g/mol. The lowest BCUT2D eigenvalue weighted by molar-refractivity contribution is -0.116. The zero-order valence-corrected chi connectivity index (χ0v) is 6.86. The van der Waals surface area contributed by atoms with Crippen molar-refractivity contribution in [1.82, 2.24) is 5.32 Å². The number of rotatable bonds is 1. The van der Waals surface area contributed by atoms with Crippen molar-refractivity contribution in [3.63, 3.8) is 0 Å². The molecule has 0 bridgehead atoms. The molecule has 1 amide bonds. The molecule has 1 N–H and O–H groups in total. The smallest absolute Gasteiger partial charge is 0.246 e. The van der Waals surface area contributed by atoms with Gasteiger partial charge in [0.2, 0.25) is 5.91 Å². The van der Waals surface area contributed by atoms with Crippen LogP contribution in [-0.4, -0.2) is 13.0 Å². The molecule has 0 radical (unpaired) electrons. The van der Waals surface area contributed by atoms with Gasteiger partial charge in [0.05, 0.1) is 0 Å². The molecule has 0 saturated heterocycles. The van der Waals surface area contributed by atoms with Crippen molar-refractivity contribution in [1.29, 1.82) is 0 Å². The molecule has 0 unspecified atom stereocenters. The Morgan fingerprint density at radius 2 is 1.90 bits per heavy atom. The largest absolute Gasteiger partial charge is 0.356 e. The van der Waals surface area contributed by atoms with Gasteiger partial charge in [0.25, 0.3) is 0 Å². The maximum atomic E-state index is 11.7. The summed E-state index contributed by atoms with van der Waals surface area (Å²) in [6.07, 6.45) is 0.889. The Kier molecular flexibility index (Phi) is 9.67. The van der Waals surface area contributed by atoms with E-state index in [1.54, 1.807) is 0 Å². The van der Waals surface area contributed by atoms with E-state index in [1.807, 2.05) is 13.8 Å². The van der Waals surface area contributed by atoms with Crippen molar-refractivity contribution in [2.75, 3.05) is 7.05 Å². The molecule has 0 fully saturated rings. The van der Waals surface area contributed by atoms with E-state index in [-0.39, 0.29) is 0 Å². The third-order valence-electron chi connectivity index (χ3n) is 0.576. The number of amides is 1. The Morgan fingerprint density at radius 3 is 2.00 bits per heavy atom. The molecule has 0 spiro atoms. The third kappa shape index (κ3) is 10.2. The molecule has 0 saturated carbocycles. The SMILES string of the molecule is CC.CNC(=O)/C=C(/C)F. The average molecular weight is 147 g/mol. The van der Waals surface area contributed by atoms with Crippen molar-refractivity contribution in [2.45, 2.75) is 20.8 Å². The molecule has 0 rings (SSSR count). The number of nitrogens with one attached hydrogen (secondary N) is 1. The summed E-state index contributed by atoms with van der Waals surface area (Å²) in [6, 6.07) is 0. The van der Waals surface area contributed by atoms with Crippen molar-refractivity contribution >= 4 is 5.91 Å². The lowest BCUT2D eigenvalue weighted by Gasteiger charge is -1.86. The summed E-state index contributed by atoms with van der Waals surface area (Å²) in [5.74, 6) is -0.894. The quantitative estimate of drug-likeness (QED) is 0.561. The van der Waals surface area contributed by atoms with Crippen LogP contribution in [-0.2, 0) is 4.79 Å². The van der Waals surface area contributed by atoms with Gasteiger partial charge in [0.15, 0.2) is 0 Å². The second kappa shape index (κ2) is 8.14. The molecule has 10 heavy (non-hydrogen) atoms. The Hall–Kier alpha value is -0.860. The van der Waals surface area contributed by atoms with E-state index in [0.717, 1.165) is 6.08 Å². The molecule has 0 aliphatic rings. The minimum atomic E-state index is -0.482. The van der Waals surface area contributed by atoms with Crippen LogP contribution in [0.25, 0.3) is 0 Å². The van der Waals surface area contributed by atoms with Crippen LogP contribution in [0.15, 0.2) is 11.9 Å². The first-order valence-corrected chi connectivity index (χ1v) is 3.22. The van der Waals surface area contributed by atoms with E-state index in [0.29, 0.717) is 0 Å². The number of hydrogen-bond donors (Lipinski definition) is 1. The van der Waals surface area contributed by atoms with Gasteiger partial charge in [-0.2, -0.15) is 0 Å². The fourth-order valence-electron chi connectivity index (χ4n) is 0.253. The Morgan fingerprint density at radius 1 is 1.50 bits per heavy atom. The summed E-state index contributed by atoms with van der Waals surface area (Å²) < 4.78 is 11.7. The summed E-state index contributed by atoms with van der Waals surface area (Å²) in [6.45, 7) is 5.22.